The van der Waals surface area contributed by atoms with E-state index in [9.17, 15) is 0 Å². The number of aromatic nitrogens is 3. The van der Waals surface area contributed by atoms with Crippen LogP contribution >= 0.6 is 0 Å². The number of pyridine rings is 1. The molecule has 2 heterocycles. The normalized spacial score (nSPS) is 20.9. The summed E-state index contributed by atoms with van der Waals surface area (Å²) in [7, 11) is 0. The van der Waals surface area contributed by atoms with Crippen molar-refractivity contribution in [2.75, 3.05) is 10.6 Å². The Labute approximate surface area is 141 Å². The molecular weight excluding hydrogens is 300 g/mol. The van der Waals surface area contributed by atoms with Crippen molar-refractivity contribution in [3.63, 3.8) is 0 Å². The van der Waals surface area contributed by atoms with Crippen molar-refractivity contribution < 1.29 is 0 Å². The molecule has 24 heavy (non-hydrogen) atoms. The summed E-state index contributed by atoms with van der Waals surface area (Å²) >= 11 is 0. The number of hydrogen-bond acceptors (Lipinski definition) is 5. The quantitative estimate of drug-likeness (QED) is 0.687. The average Bonchev–Trinajstić information content (AvgIpc) is 3.01. The fraction of sp³-hybridized carbons (Fsp3) is 0.333. The topological polar surface area (TPSA) is 80.3 Å². The zero-order valence-electron chi connectivity index (χ0n) is 13.5. The molecule has 1 aliphatic rings. The van der Waals surface area contributed by atoms with Gasteiger partial charge in [-0.3, -0.25) is 0 Å². The Balaban J connectivity index is 1.56. The lowest BCUT2D eigenvalue weighted by atomic mass is 9.92. The fourth-order valence-corrected chi connectivity index (χ4v) is 3.19. The predicted octanol–water partition coefficient (Wildman–Crippen LogP) is 3.15. The van der Waals surface area contributed by atoms with Crippen LogP contribution in [0.2, 0.25) is 0 Å². The van der Waals surface area contributed by atoms with Gasteiger partial charge in [-0.2, -0.15) is 9.50 Å². The van der Waals surface area contributed by atoms with E-state index in [-0.39, 0.29) is 0 Å². The minimum atomic E-state index is 0.354. The van der Waals surface area contributed by atoms with Gasteiger partial charge in [0.15, 0.2) is 5.65 Å². The fourth-order valence-electron chi connectivity index (χ4n) is 3.19. The molecule has 3 aromatic rings. The van der Waals surface area contributed by atoms with Gasteiger partial charge in [0.05, 0.1) is 0 Å². The molecule has 2 aromatic heterocycles. The van der Waals surface area contributed by atoms with Crippen molar-refractivity contribution in [2.45, 2.75) is 37.8 Å². The van der Waals surface area contributed by atoms with Gasteiger partial charge in [-0.15, -0.1) is 5.10 Å². The minimum absolute atomic E-state index is 0.354. The Morgan fingerprint density at radius 2 is 1.75 bits per heavy atom. The summed E-state index contributed by atoms with van der Waals surface area (Å²) in [5.41, 5.74) is 7.79. The Hall–Kier alpha value is -2.60. The van der Waals surface area contributed by atoms with Crippen molar-refractivity contribution >= 4 is 23.1 Å². The first-order valence-electron chi connectivity index (χ1n) is 8.48. The highest BCUT2D eigenvalue weighted by Gasteiger charge is 2.19. The second-order valence-electron chi connectivity index (χ2n) is 6.36. The summed E-state index contributed by atoms with van der Waals surface area (Å²) in [4.78, 5) is 4.55. The van der Waals surface area contributed by atoms with Crippen molar-refractivity contribution in [3.05, 3.63) is 48.5 Å². The van der Waals surface area contributed by atoms with Gasteiger partial charge in [-0.25, -0.2) is 0 Å². The van der Waals surface area contributed by atoms with Gasteiger partial charge in [0.1, 0.15) is 5.82 Å². The third-order valence-corrected chi connectivity index (χ3v) is 4.51. The van der Waals surface area contributed by atoms with E-state index in [1.54, 1.807) is 0 Å². The number of fused-ring (bicyclic) bond motifs is 1. The Morgan fingerprint density at radius 1 is 0.958 bits per heavy atom. The molecule has 0 atom stereocenters. The first-order chi connectivity index (χ1) is 11.8. The first kappa shape index (κ1) is 15.0. The third-order valence-electron chi connectivity index (χ3n) is 4.51. The number of anilines is 3. The highest BCUT2D eigenvalue weighted by molar-refractivity contribution is 5.57. The maximum Gasteiger partial charge on any atom is 0.247 e. The molecule has 0 bridgehead atoms. The van der Waals surface area contributed by atoms with E-state index in [2.05, 4.69) is 20.7 Å². The van der Waals surface area contributed by atoms with Crippen LogP contribution in [0.1, 0.15) is 25.7 Å². The zero-order chi connectivity index (χ0) is 16.4. The van der Waals surface area contributed by atoms with Crippen molar-refractivity contribution in [2.24, 2.45) is 5.73 Å². The number of nitrogens with two attached hydrogens (primary N) is 1. The molecule has 1 aromatic carbocycles. The lowest BCUT2D eigenvalue weighted by Gasteiger charge is -2.27. The van der Waals surface area contributed by atoms with Crippen LogP contribution < -0.4 is 16.4 Å². The van der Waals surface area contributed by atoms with Gasteiger partial charge >= 0.3 is 0 Å². The minimum Gasteiger partial charge on any atom is -0.367 e. The summed E-state index contributed by atoms with van der Waals surface area (Å²) in [6, 6.07) is 16.8. The lowest BCUT2D eigenvalue weighted by molar-refractivity contribution is 0.410. The maximum absolute atomic E-state index is 5.99. The molecular formula is C18H22N6. The van der Waals surface area contributed by atoms with Crippen LogP contribution in [-0.2, 0) is 0 Å². The van der Waals surface area contributed by atoms with Crippen LogP contribution in [0.4, 0.5) is 17.5 Å². The van der Waals surface area contributed by atoms with E-state index in [1.165, 1.54) is 0 Å². The van der Waals surface area contributed by atoms with Gasteiger partial charge in [0, 0.05) is 17.8 Å². The molecule has 1 aliphatic carbocycles. The second kappa shape index (κ2) is 6.49. The summed E-state index contributed by atoms with van der Waals surface area (Å²) in [6.07, 6.45) is 4.35. The van der Waals surface area contributed by atoms with Crippen LogP contribution in [0.25, 0.3) is 5.65 Å². The van der Waals surface area contributed by atoms with Crippen LogP contribution in [-0.4, -0.2) is 26.7 Å². The van der Waals surface area contributed by atoms with E-state index in [0.29, 0.717) is 18.0 Å². The monoisotopic (exact) mass is 322 g/mol. The van der Waals surface area contributed by atoms with Crippen molar-refractivity contribution in [1.29, 1.82) is 0 Å². The zero-order valence-corrected chi connectivity index (χ0v) is 13.5. The first-order valence-corrected chi connectivity index (χ1v) is 8.48. The second-order valence-corrected chi connectivity index (χ2v) is 6.36. The maximum atomic E-state index is 5.99. The van der Waals surface area contributed by atoms with Crippen molar-refractivity contribution in [1.82, 2.24) is 14.6 Å². The van der Waals surface area contributed by atoms with Crippen LogP contribution in [0, 0.1) is 0 Å². The number of nitrogens with zero attached hydrogens (tertiary/aromatic N) is 3. The largest absolute Gasteiger partial charge is 0.367 e. The molecule has 1 saturated carbocycles. The molecule has 4 rings (SSSR count). The highest BCUT2D eigenvalue weighted by Crippen LogP contribution is 2.22. The molecule has 124 valence electrons. The van der Waals surface area contributed by atoms with Crippen molar-refractivity contribution in [3.8, 4) is 0 Å². The molecule has 0 amide bonds. The molecule has 6 nitrogen and oxygen atoms in total. The van der Waals surface area contributed by atoms with Gasteiger partial charge in [0.2, 0.25) is 5.95 Å². The van der Waals surface area contributed by atoms with Crippen LogP contribution in [0.5, 0.6) is 0 Å². The number of para-hydroxylation sites is 1. The molecule has 0 saturated heterocycles. The third kappa shape index (κ3) is 3.19. The number of benzene rings is 1. The van der Waals surface area contributed by atoms with Gasteiger partial charge in [0.25, 0.3) is 0 Å². The van der Waals surface area contributed by atoms with Gasteiger partial charge < -0.3 is 16.4 Å². The highest BCUT2D eigenvalue weighted by atomic mass is 15.4. The molecule has 4 N–H and O–H groups in total. The SMILES string of the molecule is N[C@H]1CC[C@H](Nc2cccc3nc(Nc4ccccc4)nn23)CC1. The molecule has 6 heteroatoms. The average molecular weight is 322 g/mol. The molecule has 0 aliphatic heterocycles. The number of nitrogens with one attached hydrogen (secondary N) is 2. The molecule has 0 spiro atoms. The van der Waals surface area contributed by atoms with E-state index in [1.807, 2.05) is 53.0 Å². The van der Waals surface area contributed by atoms with Gasteiger partial charge in [-0.05, 0) is 49.9 Å². The van der Waals surface area contributed by atoms with Gasteiger partial charge in [-0.1, -0.05) is 24.3 Å². The summed E-state index contributed by atoms with van der Waals surface area (Å²) in [5, 5.41) is 11.4. The van der Waals surface area contributed by atoms with Crippen LogP contribution in [0.15, 0.2) is 48.5 Å². The molecule has 1 fully saturated rings. The Morgan fingerprint density at radius 3 is 2.54 bits per heavy atom. The van der Waals surface area contributed by atoms with Crippen LogP contribution in [0.3, 0.4) is 0 Å². The Kier molecular flexibility index (Phi) is 4.04. The van der Waals surface area contributed by atoms with E-state index in [4.69, 9.17) is 5.73 Å². The van der Waals surface area contributed by atoms with E-state index in [0.717, 1.165) is 42.8 Å². The molecule has 0 radical (unpaired) electrons. The summed E-state index contributed by atoms with van der Waals surface area (Å²) in [6.45, 7) is 0. The Bertz CT molecular complexity index is 805. The standard InChI is InChI=1S/C18H22N6/c19-13-9-11-15(12-10-13)20-16-7-4-8-17-22-18(23-24(16)17)21-14-5-2-1-3-6-14/h1-8,13,15,20H,9-12,19H2,(H,21,23)/t13-,15-. The summed E-state index contributed by atoms with van der Waals surface area (Å²) < 4.78 is 1.86. The predicted molar refractivity (Wildman–Crippen MR) is 96.6 cm³/mol. The lowest BCUT2D eigenvalue weighted by Crippen LogP contribution is -2.33. The smallest absolute Gasteiger partial charge is 0.247 e. The number of hydrogen-bond donors (Lipinski definition) is 3. The summed E-state index contributed by atoms with van der Waals surface area (Å²) in [5.74, 6) is 1.57. The van der Waals surface area contributed by atoms with E-state index < -0.39 is 0 Å². The molecule has 0 unspecified atom stereocenters. The van der Waals surface area contributed by atoms with E-state index >= 15 is 0 Å². The number of rotatable bonds is 4.